The molecule has 28 heavy (non-hydrogen) atoms. The minimum absolute atomic E-state index is 0.0696. The first-order valence-corrected chi connectivity index (χ1v) is 10.3. The van der Waals surface area contributed by atoms with Gasteiger partial charge in [-0.25, -0.2) is 4.79 Å². The summed E-state index contributed by atoms with van der Waals surface area (Å²) in [5.74, 6) is 0. The molecule has 0 aromatic heterocycles. The summed E-state index contributed by atoms with van der Waals surface area (Å²) in [6.45, 7) is 3.57. The second-order valence-electron chi connectivity index (χ2n) is 7.44. The van der Waals surface area contributed by atoms with E-state index in [1.54, 1.807) is 23.1 Å². The number of hydrogen-bond acceptors (Lipinski definition) is 5. The number of nitrogens with one attached hydrogen (secondary N) is 1. The lowest BCUT2D eigenvalue weighted by atomic mass is 9.98. The minimum Gasteiger partial charge on any atom is -0.378 e. The van der Waals surface area contributed by atoms with Crippen molar-refractivity contribution in [3.8, 4) is 0 Å². The molecule has 0 spiro atoms. The second kappa shape index (κ2) is 10.3. The summed E-state index contributed by atoms with van der Waals surface area (Å²) in [7, 11) is 0. The Balaban J connectivity index is 1.35. The van der Waals surface area contributed by atoms with Crippen LogP contribution in [0.5, 0.6) is 0 Å². The highest BCUT2D eigenvalue weighted by Gasteiger charge is 2.25. The van der Waals surface area contributed by atoms with E-state index < -0.39 is 0 Å². The standard InChI is InChI=1S/C20H30N4O4/c25-20(21-11-6-16-28-17-7-2-1-3-8-17)23-14-12-22(13-15-23)18-9-4-5-10-19(18)24(26)27/h4-5,9-10,17H,1-3,6-8,11-16H2,(H,21,25). The summed E-state index contributed by atoms with van der Waals surface area (Å²) in [5, 5.41) is 14.2. The number of carbonyl (C=O) groups is 1. The molecule has 2 fully saturated rings. The predicted molar refractivity (Wildman–Crippen MR) is 108 cm³/mol. The van der Waals surface area contributed by atoms with Crippen molar-refractivity contribution in [2.24, 2.45) is 0 Å². The summed E-state index contributed by atoms with van der Waals surface area (Å²) in [6, 6.07) is 6.68. The zero-order valence-electron chi connectivity index (χ0n) is 16.3. The molecule has 3 rings (SSSR count). The molecule has 0 radical (unpaired) electrons. The van der Waals surface area contributed by atoms with E-state index in [9.17, 15) is 14.9 Å². The fourth-order valence-corrected chi connectivity index (χ4v) is 3.90. The third-order valence-corrected chi connectivity index (χ3v) is 5.49. The average molecular weight is 390 g/mol. The van der Waals surface area contributed by atoms with E-state index in [0.717, 1.165) is 19.3 Å². The van der Waals surface area contributed by atoms with Gasteiger partial charge in [-0.05, 0) is 25.3 Å². The molecule has 154 valence electrons. The Kier molecular flexibility index (Phi) is 7.47. The maximum atomic E-state index is 12.3. The maximum Gasteiger partial charge on any atom is 0.317 e. The van der Waals surface area contributed by atoms with Crippen LogP contribution in [0.3, 0.4) is 0 Å². The lowest BCUT2D eigenvalue weighted by Gasteiger charge is -2.35. The first-order chi connectivity index (χ1) is 13.6. The fourth-order valence-electron chi connectivity index (χ4n) is 3.90. The molecule has 0 atom stereocenters. The molecule has 1 saturated heterocycles. The normalized spacial score (nSPS) is 18.1. The number of ether oxygens (including phenoxy) is 1. The van der Waals surface area contributed by atoms with E-state index in [4.69, 9.17) is 4.74 Å². The number of carbonyl (C=O) groups excluding carboxylic acids is 1. The van der Waals surface area contributed by atoms with Crippen LogP contribution in [-0.2, 0) is 4.74 Å². The van der Waals surface area contributed by atoms with Crippen LogP contribution in [-0.4, -0.2) is 61.3 Å². The smallest absolute Gasteiger partial charge is 0.317 e. The lowest BCUT2D eigenvalue weighted by molar-refractivity contribution is -0.384. The second-order valence-corrected chi connectivity index (χ2v) is 7.44. The van der Waals surface area contributed by atoms with Crippen molar-refractivity contribution in [1.29, 1.82) is 0 Å². The number of rotatable bonds is 7. The first kappa shape index (κ1) is 20.4. The Morgan fingerprint density at radius 3 is 2.57 bits per heavy atom. The van der Waals surface area contributed by atoms with Gasteiger partial charge in [-0.2, -0.15) is 0 Å². The summed E-state index contributed by atoms with van der Waals surface area (Å²) >= 11 is 0. The van der Waals surface area contributed by atoms with Crippen LogP contribution >= 0.6 is 0 Å². The molecule has 1 saturated carbocycles. The van der Waals surface area contributed by atoms with Crippen molar-refractivity contribution in [1.82, 2.24) is 10.2 Å². The van der Waals surface area contributed by atoms with Crippen molar-refractivity contribution < 1.29 is 14.5 Å². The quantitative estimate of drug-likeness (QED) is 0.439. The van der Waals surface area contributed by atoms with Gasteiger partial charge in [-0.3, -0.25) is 10.1 Å². The number of nitro benzene ring substituents is 1. The van der Waals surface area contributed by atoms with Crippen molar-refractivity contribution in [3.05, 3.63) is 34.4 Å². The van der Waals surface area contributed by atoms with Gasteiger partial charge < -0.3 is 19.9 Å². The maximum absolute atomic E-state index is 12.3. The van der Waals surface area contributed by atoms with Crippen LogP contribution in [0.15, 0.2) is 24.3 Å². The molecule has 1 aliphatic heterocycles. The Bertz CT molecular complexity index is 655. The summed E-state index contributed by atoms with van der Waals surface area (Å²) < 4.78 is 5.88. The van der Waals surface area contributed by atoms with Crippen LogP contribution in [0, 0.1) is 10.1 Å². The molecular formula is C20H30N4O4. The van der Waals surface area contributed by atoms with E-state index in [0.29, 0.717) is 51.1 Å². The van der Waals surface area contributed by atoms with Crippen LogP contribution < -0.4 is 10.2 Å². The van der Waals surface area contributed by atoms with Gasteiger partial charge in [0.05, 0.1) is 11.0 Å². The van der Waals surface area contributed by atoms with E-state index in [2.05, 4.69) is 5.32 Å². The molecule has 1 heterocycles. The van der Waals surface area contributed by atoms with Crippen LogP contribution in [0.1, 0.15) is 38.5 Å². The monoisotopic (exact) mass is 390 g/mol. The fraction of sp³-hybridized carbons (Fsp3) is 0.650. The van der Waals surface area contributed by atoms with E-state index in [1.807, 2.05) is 4.90 Å². The van der Waals surface area contributed by atoms with Gasteiger partial charge in [0.1, 0.15) is 5.69 Å². The molecule has 1 aliphatic carbocycles. The van der Waals surface area contributed by atoms with Gasteiger partial charge in [0.25, 0.3) is 5.69 Å². The minimum atomic E-state index is -0.357. The van der Waals surface area contributed by atoms with Gasteiger partial charge in [0.2, 0.25) is 0 Å². The Morgan fingerprint density at radius 2 is 1.86 bits per heavy atom. The van der Waals surface area contributed by atoms with Gasteiger partial charge in [0.15, 0.2) is 0 Å². The first-order valence-electron chi connectivity index (χ1n) is 10.3. The highest BCUT2D eigenvalue weighted by molar-refractivity contribution is 5.74. The van der Waals surface area contributed by atoms with Crippen molar-refractivity contribution in [2.45, 2.75) is 44.6 Å². The van der Waals surface area contributed by atoms with Gasteiger partial charge >= 0.3 is 6.03 Å². The summed E-state index contributed by atoms with van der Waals surface area (Å²) in [4.78, 5) is 26.9. The zero-order valence-corrected chi connectivity index (χ0v) is 16.3. The number of nitro groups is 1. The van der Waals surface area contributed by atoms with E-state index in [1.165, 1.54) is 25.3 Å². The third-order valence-electron chi connectivity index (χ3n) is 5.49. The third kappa shape index (κ3) is 5.58. The molecule has 1 N–H and O–H groups in total. The SMILES string of the molecule is O=C(NCCCOC1CCCCC1)N1CCN(c2ccccc2[N+](=O)[O-])CC1. The van der Waals surface area contributed by atoms with E-state index >= 15 is 0 Å². The number of amides is 2. The number of nitrogens with zero attached hydrogens (tertiary/aromatic N) is 3. The molecule has 2 aliphatic rings. The number of benzene rings is 1. The number of anilines is 1. The zero-order chi connectivity index (χ0) is 19.8. The summed E-state index contributed by atoms with van der Waals surface area (Å²) in [6.07, 6.45) is 7.39. The van der Waals surface area contributed by atoms with Crippen molar-refractivity contribution in [3.63, 3.8) is 0 Å². The molecule has 2 amide bonds. The summed E-state index contributed by atoms with van der Waals surface area (Å²) in [5.41, 5.74) is 0.728. The number of piperazine rings is 1. The molecule has 8 nitrogen and oxygen atoms in total. The molecular weight excluding hydrogens is 360 g/mol. The molecule has 1 aromatic carbocycles. The van der Waals surface area contributed by atoms with Crippen LogP contribution in [0.2, 0.25) is 0 Å². The topological polar surface area (TPSA) is 88.0 Å². The van der Waals surface area contributed by atoms with Crippen molar-refractivity contribution >= 4 is 17.4 Å². The van der Waals surface area contributed by atoms with Crippen molar-refractivity contribution in [2.75, 3.05) is 44.2 Å². The molecule has 0 bridgehead atoms. The Hall–Kier alpha value is -2.35. The lowest BCUT2D eigenvalue weighted by Crippen LogP contribution is -2.52. The van der Waals surface area contributed by atoms with Crippen LogP contribution in [0.25, 0.3) is 0 Å². The average Bonchev–Trinajstić information content (AvgIpc) is 2.74. The Morgan fingerprint density at radius 1 is 1.14 bits per heavy atom. The van der Waals surface area contributed by atoms with Gasteiger partial charge in [-0.15, -0.1) is 0 Å². The van der Waals surface area contributed by atoms with Gasteiger partial charge in [0, 0.05) is 45.4 Å². The number of hydrogen-bond donors (Lipinski definition) is 1. The highest BCUT2D eigenvalue weighted by atomic mass is 16.6. The number of para-hydroxylation sites is 2. The van der Waals surface area contributed by atoms with Crippen LogP contribution in [0.4, 0.5) is 16.2 Å². The number of urea groups is 1. The largest absolute Gasteiger partial charge is 0.378 e. The molecule has 0 unspecified atom stereocenters. The highest BCUT2D eigenvalue weighted by Crippen LogP contribution is 2.28. The molecule has 1 aromatic rings. The van der Waals surface area contributed by atoms with E-state index in [-0.39, 0.29) is 16.6 Å². The Labute approximate surface area is 166 Å². The molecule has 8 heteroatoms. The predicted octanol–water partition coefficient (Wildman–Crippen LogP) is 3.17. The van der Waals surface area contributed by atoms with Gasteiger partial charge in [-0.1, -0.05) is 31.4 Å².